The van der Waals surface area contributed by atoms with Crippen LogP contribution in [-0.2, 0) is 27.5 Å². The molecule has 0 saturated heterocycles. The first kappa shape index (κ1) is 32.2. The van der Waals surface area contributed by atoms with Gasteiger partial charge < -0.3 is 9.47 Å². The molecule has 4 aliphatic rings. The molecular formula is C39H42FN3O5. The molecule has 4 aliphatic carbocycles. The molecule has 0 bridgehead atoms. The zero-order valence-electron chi connectivity index (χ0n) is 27.6. The van der Waals surface area contributed by atoms with Crippen LogP contribution in [0.2, 0.25) is 0 Å². The lowest BCUT2D eigenvalue weighted by molar-refractivity contribution is -0.152. The van der Waals surface area contributed by atoms with E-state index in [-0.39, 0.29) is 47.7 Å². The average molecular weight is 652 g/mol. The number of hydrogen-bond donors (Lipinski definition) is 0. The first-order chi connectivity index (χ1) is 23.1. The van der Waals surface area contributed by atoms with E-state index >= 15 is 0 Å². The van der Waals surface area contributed by atoms with Gasteiger partial charge in [0.25, 0.3) is 0 Å². The van der Waals surface area contributed by atoms with E-state index in [9.17, 15) is 18.8 Å². The Morgan fingerprint density at radius 3 is 2.54 bits per heavy atom. The standard InChI is InChI=1S/C39H42FN3O5/c1-38-19-17-31(21-27(38)8-13-32-33-14-16-36(45)39(33,2)20-18-34(32)38)48-37(46)23-43-22-29(41-42-43)24-47-30-11-3-25(4-12-30)5-15-35(44)26-6-9-28(40)10-7-26/h3-12,15,22,31-34H,13-14,16-21,23-24H2,1-2H3/b15-5+/t31-,32-,33-,34-,38-,39-/m0/s1. The highest BCUT2D eigenvalue weighted by Gasteiger charge is 2.58. The molecule has 8 nitrogen and oxygen atoms in total. The number of halogens is 1. The van der Waals surface area contributed by atoms with E-state index in [2.05, 4.69) is 30.2 Å². The molecule has 6 atom stereocenters. The summed E-state index contributed by atoms with van der Waals surface area (Å²) in [6, 6.07) is 12.7. The summed E-state index contributed by atoms with van der Waals surface area (Å²) >= 11 is 0. The fraction of sp³-hybridized carbons (Fsp3) is 0.462. The van der Waals surface area contributed by atoms with E-state index in [0.29, 0.717) is 40.5 Å². The Hall–Kier alpha value is -4.40. The topological polar surface area (TPSA) is 100 Å². The van der Waals surface area contributed by atoms with Crippen LogP contribution in [0.1, 0.15) is 86.8 Å². The van der Waals surface area contributed by atoms with Crippen molar-refractivity contribution in [1.29, 1.82) is 0 Å². The van der Waals surface area contributed by atoms with Crippen LogP contribution in [0.5, 0.6) is 5.75 Å². The minimum absolute atomic E-state index is 0.0174. The lowest BCUT2D eigenvalue weighted by Crippen LogP contribution is -2.50. The number of ether oxygens (including phenoxy) is 2. The second-order valence-electron chi connectivity index (χ2n) is 14.5. The van der Waals surface area contributed by atoms with Gasteiger partial charge in [-0.25, -0.2) is 9.07 Å². The van der Waals surface area contributed by atoms with Crippen LogP contribution in [0.25, 0.3) is 6.08 Å². The van der Waals surface area contributed by atoms with Crippen LogP contribution in [0.15, 0.2) is 72.5 Å². The number of benzene rings is 2. The average Bonchev–Trinajstić information content (AvgIpc) is 3.66. The lowest BCUT2D eigenvalue weighted by atomic mass is 9.48. The predicted octanol–water partition coefficient (Wildman–Crippen LogP) is 7.34. The van der Waals surface area contributed by atoms with Gasteiger partial charge in [0.15, 0.2) is 5.78 Å². The van der Waals surface area contributed by atoms with Gasteiger partial charge in [-0.15, -0.1) is 5.10 Å². The summed E-state index contributed by atoms with van der Waals surface area (Å²) in [5.41, 5.74) is 3.26. The van der Waals surface area contributed by atoms with E-state index in [1.165, 1.54) is 40.6 Å². The molecule has 9 heteroatoms. The second kappa shape index (κ2) is 12.9. The smallest absolute Gasteiger partial charge is 0.328 e. The zero-order chi connectivity index (χ0) is 33.5. The van der Waals surface area contributed by atoms with Gasteiger partial charge in [0.2, 0.25) is 0 Å². The lowest BCUT2D eigenvalue weighted by Gasteiger charge is -2.56. The Bertz CT molecular complexity index is 1760. The summed E-state index contributed by atoms with van der Waals surface area (Å²) in [7, 11) is 0. The van der Waals surface area contributed by atoms with Crippen molar-refractivity contribution in [3.05, 3.63) is 95.1 Å². The van der Waals surface area contributed by atoms with Crippen molar-refractivity contribution in [3.63, 3.8) is 0 Å². The monoisotopic (exact) mass is 651 g/mol. The number of carbonyl (C=O) groups excluding carboxylic acids is 3. The number of aromatic nitrogens is 3. The normalized spacial score (nSPS) is 29.5. The highest BCUT2D eigenvalue weighted by atomic mass is 19.1. The molecule has 1 heterocycles. The van der Waals surface area contributed by atoms with Crippen molar-refractivity contribution in [2.24, 2.45) is 28.6 Å². The Labute approximate surface area is 280 Å². The molecule has 0 aliphatic heterocycles. The Balaban J connectivity index is 0.878. The molecule has 0 N–H and O–H groups in total. The van der Waals surface area contributed by atoms with Gasteiger partial charge >= 0.3 is 5.97 Å². The SMILES string of the molecule is C[C@]12CC[C@H](OC(=O)Cn3cc(COc4ccc(/C=C/C(=O)c5ccc(F)cc5)cc4)nn3)CC1=CC[C@@H]1[C@@H]2CC[C@]2(C)C(=O)CC[C@@H]12. The zero-order valence-corrected chi connectivity index (χ0v) is 27.6. The number of esters is 1. The van der Waals surface area contributed by atoms with Crippen molar-refractivity contribution in [3.8, 4) is 5.75 Å². The van der Waals surface area contributed by atoms with E-state index in [1.807, 2.05) is 12.1 Å². The van der Waals surface area contributed by atoms with E-state index in [1.54, 1.807) is 24.4 Å². The number of nitrogens with zero attached hydrogens (tertiary/aromatic N) is 3. The molecule has 3 fully saturated rings. The van der Waals surface area contributed by atoms with Crippen molar-refractivity contribution in [2.45, 2.75) is 84.5 Å². The second-order valence-corrected chi connectivity index (χ2v) is 14.5. The molecule has 0 radical (unpaired) electrons. The maximum absolute atomic E-state index is 13.1. The van der Waals surface area contributed by atoms with Crippen LogP contribution < -0.4 is 4.74 Å². The van der Waals surface area contributed by atoms with E-state index < -0.39 is 0 Å². The fourth-order valence-corrected chi connectivity index (χ4v) is 9.05. The maximum atomic E-state index is 13.1. The van der Waals surface area contributed by atoms with Gasteiger partial charge in [-0.3, -0.25) is 14.4 Å². The van der Waals surface area contributed by atoms with Crippen molar-refractivity contribution >= 4 is 23.6 Å². The molecular weight excluding hydrogens is 609 g/mol. The van der Waals surface area contributed by atoms with Crippen molar-refractivity contribution in [1.82, 2.24) is 15.0 Å². The Morgan fingerprint density at radius 1 is 1.00 bits per heavy atom. The summed E-state index contributed by atoms with van der Waals surface area (Å²) in [6.07, 6.45) is 14.7. The first-order valence-electron chi connectivity index (χ1n) is 17.1. The summed E-state index contributed by atoms with van der Waals surface area (Å²) < 4.78 is 26.4. The minimum Gasteiger partial charge on any atom is -0.487 e. The van der Waals surface area contributed by atoms with Gasteiger partial charge in [-0.1, -0.05) is 48.9 Å². The predicted molar refractivity (Wildman–Crippen MR) is 177 cm³/mol. The van der Waals surface area contributed by atoms with Crippen LogP contribution >= 0.6 is 0 Å². The molecule has 7 rings (SSSR count). The highest BCUT2D eigenvalue weighted by Crippen LogP contribution is 2.64. The fourth-order valence-electron chi connectivity index (χ4n) is 9.05. The van der Waals surface area contributed by atoms with Gasteiger partial charge in [0.1, 0.15) is 42.3 Å². The Morgan fingerprint density at radius 2 is 1.75 bits per heavy atom. The number of fused-ring (bicyclic) bond motifs is 5. The highest BCUT2D eigenvalue weighted by molar-refractivity contribution is 6.06. The van der Waals surface area contributed by atoms with Crippen LogP contribution in [0, 0.1) is 34.4 Å². The molecule has 0 spiro atoms. The molecule has 250 valence electrons. The molecule has 1 aromatic heterocycles. The summed E-state index contributed by atoms with van der Waals surface area (Å²) in [4.78, 5) is 37.9. The number of ketones is 2. The largest absolute Gasteiger partial charge is 0.487 e. The molecule has 0 amide bonds. The van der Waals surface area contributed by atoms with Gasteiger partial charge in [0, 0.05) is 23.8 Å². The van der Waals surface area contributed by atoms with E-state index in [4.69, 9.17) is 9.47 Å². The van der Waals surface area contributed by atoms with Crippen molar-refractivity contribution in [2.75, 3.05) is 0 Å². The van der Waals surface area contributed by atoms with Crippen LogP contribution in [0.3, 0.4) is 0 Å². The third-order valence-electron chi connectivity index (χ3n) is 11.8. The summed E-state index contributed by atoms with van der Waals surface area (Å²) in [5.74, 6) is 1.88. The van der Waals surface area contributed by atoms with Crippen LogP contribution in [-0.4, -0.2) is 38.6 Å². The molecule has 3 aromatic rings. The molecule has 3 saturated carbocycles. The summed E-state index contributed by atoms with van der Waals surface area (Å²) in [5, 5.41) is 8.24. The van der Waals surface area contributed by atoms with E-state index in [0.717, 1.165) is 56.9 Å². The number of rotatable bonds is 9. The number of hydrogen-bond acceptors (Lipinski definition) is 7. The van der Waals surface area contributed by atoms with Gasteiger partial charge in [-0.05, 0) is 110 Å². The molecule has 2 aromatic carbocycles. The summed E-state index contributed by atoms with van der Waals surface area (Å²) in [6.45, 7) is 4.80. The third-order valence-corrected chi connectivity index (χ3v) is 11.8. The first-order valence-corrected chi connectivity index (χ1v) is 17.1. The Kier molecular flexibility index (Phi) is 8.64. The molecule has 0 unspecified atom stereocenters. The molecule has 48 heavy (non-hydrogen) atoms. The third kappa shape index (κ3) is 6.27. The minimum atomic E-state index is -0.383. The van der Waals surface area contributed by atoms with Crippen molar-refractivity contribution < 1.29 is 28.2 Å². The van der Waals surface area contributed by atoms with Crippen LogP contribution in [0.4, 0.5) is 4.39 Å². The van der Waals surface area contributed by atoms with Gasteiger partial charge in [-0.2, -0.15) is 0 Å². The number of carbonyl (C=O) groups is 3. The number of allylic oxidation sites excluding steroid dienone is 2. The maximum Gasteiger partial charge on any atom is 0.328 e. The quantitative estimate of drug-likeness (QED) is 0.103. The number of Topliss-reactive ketones (excluding diaryl/α,β-unsaturated/α-hetero) is 1. The van der Waals surface area contributed by atoms with Gasteiger partial charge in [0.05, 0.1) is 6.20 Å².